The first-order valence-electron chi connectivity index (χ1n) is 6.51. The summed E-state index contributed by atoms with van der Waals surface area (Å²) in [5.41, 5.74) is 9.33. The van der Waals surface area contributed by atoms with Gasteiger partial charge in [-0.3, -0.25) is 0 Å². The molecule has 0 saturated carbocycles. The van der Waals surface area contributed by atoms with Crippen LogP contribution in [0.2, 0.25) is 0 Å². The molecule has 0 spiro atoms. The van der Waals surface area contributed by atoms with E-state index in [2.05, 4.69) is 15.2 Å². The first kappa shape index (κ1) is 11.7. The van der Waals surface area contributed by atoms with Crippen LogP contribution in [0.5, 0.6) is 0 Å². The van der Waals surface area contributed by atoms with Crippen LogP contribution in [-0.2, 0) is 0 Å². The second kappa shape index (κ2) is 4.45. The number of nitrogens with two attached hydrogens (primary N) is 1. The second-order valence-corrected chi connectivity index (χ2v) is 4.72. The Balaban J connectivity index is 1.74. The molecule has 1 aromatic carbocycles. The molecule has 102 valence electrons. The fraction of sp³-hybridized carbons (Fsp3) is 0. The van der Waals surface area contributed by atoms with Crippen molar-refractivity contribution in [3.63, 3.8) is 0 Å². The van der Waals surface area contributed by atoms with Gasteiger partial charge < -0.3 is 5.73 Å². The number of fused-ring (bicyclic) bond motifs is 1. The van der Waals surface area contributed by atoms with Crippen LogP contribution >= 0.6 is 0 Å². The molecule has 0 saturated heterocycles. The molecule has 0 fully saturated rings. The van der Waals surface area contributed by atoms with Crippen LogP contribution in [0, 0.1) is 0 Å². The number of hydrogen-bond acceptors (Lipinski definition) is 4. The van der Waals surface area contributed by atoms with E-state index in [4.69, 9.17) is 5.73 Å². The van der Waals surface area contributed by atoms with Gasteiger partial charge in [0, 0.05) is 35.8 Å². The summed E-state index contributed by atoms with van der Waals surface area (Å²) in [7, 11) is 0. The maximum atomic E-state index is 5.70. The summed E-state index contributed by atoms with van der Waals surface area (Å²) < 4.78 is 3.46. The first-order chi connectivity index (χ1) is 10.3. The van der Waals surface area contributed by atoms with Gasteiger partial charge in [0.2, 0.25) is 0 Å². The van der Waals surface area contributed by atoms with Gasteiger partial charge in [0.05, 0.1) is 12.4 Å². The van der Waals surface area contributed by atoms with Crippen molar-refractivity contribution < 1.29 is 0 Å². The van der Waals surface area contributed by atoms with E-state index < -0.39 is 0 Å². The fourth-order valence-corrected chi connectivity index (χ4v) is 2.20. The second-order valence-electron chi connectivity index (χ2n) is 4.72. The van der Waals surface area contributed by atoms with Crippen molar-refractivity contribution in [1.29, 1.82) is 0 Å². The largest absolute Gasteiger partial charge is 0.399 e. The highest BCUT2D eigenvalue weighted by Gasteiger charge is 2.05. The summed E-state index contributed by atoms with van der Waals surface area (Å²) in [5.74, 6) is 0.754. The summed E-state index contributed by atoms with van der Waals surface area (Å²) in [5, 5.41) is 8.50. The molecule has 3 heterocycles. The predicted molar refractivity (Wildman–Crippen MR) is 80.0 cm³/mol. The van der Waals surface area contributed by atoms with Crippen LogP contribution in [0.15, 0.2) is 61.2 Å². The van der Waals surface area contributed by atoms with Gasteiger partial charge in [0.15, 0.2) is 11.5 Å². The maximum Gasteiger partial charge on any atom is 0.157 e. The van der Waals surface area contributed by atoms with Gasteiger partial charge in [-0.2, -0.15) is 10.2 Å². The molecular formula is C15H12N6. The molecule has 0 radical (unpaired) electrons. The number of rotatable bonds is 2. The molecule has 0 aliphatic carbocycles. The standard InChI is InChI=1S/C15H12N6/c16-13-3-1-11(2-4-13)12-9-18-21(10-12)15-6-8-20-14(19-15)5-7-17-20/h1-10H,16H2. The van der Waals surface area contributed by atoms with Crippen LogP contribution in [0.3, 0.4) is 0 Å². The number of aromatic nitrogens is 5. The zero-order valence-electron chi connectivity index (χ0n) is 11.1. The Morgan fingerprint density at radius 2 is 1.76 bits per heavy atom. The minimum absolute atomic E-state index is 0.749. The third-order valence-electron chi connectivity index (χ3n) is 3.30. The van der Waals surface area contributed by atoms with Gasteiger partial charge in [-0.05, 0) is 17.7 Å². The van der Waals surface area contributed by atoms with Gasteiger partial charge in [-0.15, -0.1) is 0 Å². The van der Waals surface area contributed by atoms with Crippen molar-refractivity contribution in [1.82, 2.24) is 24.4 Å². The van der Waals surface area contributed by atoms with Gasteiger partial charge in [-0.25, -0.2) is 14.2 Å². The first-order valence-corrected chi connectivity index (χ1v) is 6.51. The van der Waals surface area contributed by atoms with E-state index in [1.54, 1.807) is 15.4 Å². The van der Waals surface area contributed by atoms with Gasteiger partial charge in [0.25, 0.3) is 0 Å². The molecule has 0 bridgehead atoms. The molecule has 0 atom stereocenters. The lowest BCUT2D eigenvalue weighted by molar-refractivity contribution is 0.832. The van der Waals surface area contributed by atoms with E-state index in [0.29, 0.717) is 0 Å². The normalized spacial score (nSPS) is 11.0. The molecule has 4 aromatic rings. The van der Waals surface area contributed by atoms with Crippen molar-refractivity contribution in [3.05, 3.63) is 61.2 Å². The minimum Gasteiger partial charge on any atom is -0.399 e. The van der Waals surface area contributed by atoms with Crippen LogP contribution in [-0.4, -0.2) is 24.4 Å². The highest BCUT2D eigenvalue weighted by atomic mass is 15.3. The van der Waals surface area contributed by atoms with E-state index in [0.717, 1.165) is 28.3 Å². The molecule has 6 nitrogen and oxygen atoms in total. The van der Waals surface area contributed by atoms with Crippen LogP contribution < -0.4 is 5.73 Å². The zero-order chi connectivity index (χ0) is 14.2. The molecule has 4 rings (SSSR count). The molecular weight excluding hydrogens is 264 g/mol. The molecule has 3 aromatic heterocycles. The van der Waals surface area contributed by atoms with Crippen molar-refractivity contribution in [2.24, 2.45) is 0 Å². The molecule has 2 N–H and O–H groups in total. The fourth-order valence-electron chi connectivity index (χ4n) is 2.20. The summed E-state index contributed by atoms with van der Waals surface area (Å²) in [6.45, 7) is 0. The van der Waals surface area contributed by atoms with Gasteiger partial charge >= 0.3 is 0 Å². The lowest BCUT2D eigenvalue weighted by atomic mass is 10.1. The van der Waals surface area contributed by atoms with E-state index >= 15 is 0 Å². The third-order valence-corrected chi connectivity index (χ3v) is 3.30. The number of hydrogen-bond donors (Lipinski definition) is 1. The summed E-state index contributed by atoms with van der Waals surface area (Å²) >= 11 is 0. The van der Waals surface area contributed by atoms with E-state index in [-0.39, 0.29) is 0 Å². The Hall–Kier alpha value is -3.15. The molecule has 21 heavy (non-hydrogen) atoms. The summed E-state index contributed by atoms with van der Waals surface area (Å²) in [4.78, 5) is 4.51. The topological polar surface area (TPSA) is 74.0 Å². The van der Waals surface area contributed by atoms with Crippen molar-refractivity contribution in [3.8, 4) is 16.9 Å². The quantitative estimate of drug-likeness (QED) is 0.569. The minimum atomic E-state index is 0.749. The Morgan fingerprint density at radius 3 is 2.62 bits per heavy atom. The molecule has 6 heteroatoms. The van der Waals surface area contributed by atoms with Crippen molar-refractivity contribution >= 4 is 11.3 Å². The summed E-state index contributed by atoms with van der Waals surface area (Å²) in [6, 6.07) is 11.4. The summed E-state index contributed by atoms with van der Waals surface area (Å²) in [6.07, 6.45) is 7.34. The lowest BCUT2D eigenvalue weighted by Gasteiger charge is -2.01. The number of nitrogen functional groups attached to an aromatic ring is 1. The average molecular weight is 276 g/mol. The number of benzene rings is 1. The van der Waals surface area contributed by atoms with E-state index in [1.807, 2.05) is 55.0 Å². The maximum absolute atomic E-state index is 5.70. The lowest BCUT2D eigenvalue weighted by Crippen LogP contribution is -2.00. The predicted octanol–water partition coefficient (Wildman–Crippen LogP) is 2.16. The van der Waals surface area contributed by atoms with E-state index in [9.17, 15) is 0 Å². The van der Waals surface area contributed by atoms with Gasteiger partial charge in [-0.1, -0.05) is 12.1 Å². The Kier molecular flexibility index (Phi) is 2.47. The highest BCUT2D eigenvalue weighted by Crippen LogP contribution is 2.20. The van der Waals surface area contributed by atoms with Gasteiger partial charge in [0.1, 0.15) is 0 Å². The van der Waals surface area contributed by atoms with E-state index in [1.165, 1.54) is 0 Å². The molecule has 0 aliphatic rings. The average Bonchev–Trinajstić information content (AvgIpc) is 3.16. The smallest absolute Gasteiger partial charge is 0.157 e. The Morgan fingerprint density at radius 1 is 0.905 bits per heavy atom. The highest BCUT2D eigenvalue weighted by molar-refractivity contribution is 5.64. The number of nitrogens with zero attached hydrogens (tertiary/aromatic N) is 5. The zero-order valence-corrected chi connectivity index (χ0v) is 11.1. The Labute approximate surface area is 120 Å². The molecule has 0 unspecified atom stereocenters. The molecule has 0 amide bonds. The Bertz CT molecular complexity index is 903. The van der Waals surface area contributed by atoms with Crippen LogP contribution in [0.4, 0.5) is 5.69 Å². The van der Waals surface area contributed by atoms with Crippen molar-refractivity contribution in [2.75, 3.05) is 5.73 Å². The monoisotopic (exact) mass is 276 g/mol. The van der Waals surface area contributed by atoms with Crippen LogP contribution in [0.25, 0.3) is 22.6 Å². The number of anilines is 1. The third kappa shape index (κ3) is 2.02. The van der Waals surface area contributed by atoms with Crippen LogP contribution in [0.1, 0.15) is 0 Å². The molecule has 0 aliphatic heterocycles. The van der Waals surface area contributed by atoms with Crippen molar-refractivity contribution in [2.45, 2.75) is 0 Å². The SMILES string of the molecule is Nc1ccc(-c2cnn(-c3ccn4nccc4n3)c2)cc1.